The minimum absolute atomic E-state index is 0.317. The molecule has 2 atom stereocenters. The summed E-state index contributed by atoms with van der Waals surface area (Å²) in [5, 5.41) is 19.3. The minimum Gasteiger partial charge on any atom is -0.496 e. The lowest BCUT2D eigenvalue weighted by Crippen LogP contribution is -2.15. The molecule has 0 bridgehead atoms. The summed E-state index contributed by atoms with van der Waals surface area (Å²) in [5.41, 5.74) is 1.24. The topological polar surface area (TPSA) is 102 Å². The number of carboxylic acids is 2. The lowest BCUT2D eigenvalue weighted by Gasteiger charge is -2.27. The van der Waals surface area contributed by atoms with Crippen LogP contribution >= 0.6 is 0 Å². The molecule has 0 aromatic heterocycles. The van der Waals surface area contributed by atoms with Crippen LogP contribution in [0.1, 0.15) is 95.8 Å². The molecule has 1 aromatic carbocycles. The van der Waals surface area contributed by atoms with Gasteiger partial charge < -0.3 is 24.4 Å². The van der Waals surface area contributed by atoms with Gasteiger partial charge in [-0.2, -0.15) is 0 Å². The van der Waals surface area contributed by atoms with Crippen molar-refractivity contribution in [3.8, 4) is 17.2 Å². The van der Waals surface area contributed by atoms with E-state index in [4.69, 9.17) is 14.2 Å². The van der Waals surface area contributed by atoms with Crippen molar-refractivity contribution in [3.05, 3.63) is 22.3 Å². The molecule has 7 nitrogen and oxygen atoms in total. The zero-order chi connectivity index (χ0) is 27.3. The number of ether oxygens (including phenoxy) is 3. The molecule has 1 rings (SSSR count). The van der Waals surface area contributed by atoms with Crippen LogP contribution in [0.15, 0.2) is 5.57 Å². The fourth-order valence-corrected chi connectivity index (χ4v) is 4.83. The number of hydrogen-bond donors (Lipinski definition) is 2. The van der Waals surface area contributed by atoms with E-state index < -0.39 is 17.5 Å². The van der Waals surface area contributed by atoms with Crippen LogP contribution in [0.25, 0.3) is 6.08 Å². The van der Waals surface area contributed by atoms with Gasteiger partial charge >= 0.3 is 11.9 Å². The summed E-state index contributed by atoms with van der Waals surface area (Å²) in [7, 11) is 4.71. The van der Waals surface area contributed by atoms with Crippen molar-refractivity contribution in [2.75, 3.05) is 21.3 Å². The molecule has 0 saturated carbocycles. The largest absolute Gasteiger partial charge is 0.496 e. The van der Waals surface area contributed by atoms with E-state index in [0.29, 0.717) is 47.5 Å². The fourth-order valence-electron chi connectivity index (χ4n) is 4.83. The average Bonchev–Trinajstić information content (AvgIpc) is 2.86. The molecule has 0 fully saturated rings. The maximum Gasteiger partial charge on any atom is 0.343 e. The summed E-state index contributed by atoms with van der Waals surface area (Å²) in [4.78, 5) is 23.7. The maximum absolute atomic E-state index is 11.8. The molecule has 2 N–H and O–H groups in total. The van der Waals surface area contributed by atoms with Gasteiger partial charge in [0.2, 0.25) is 0 Å². The van der Waals surface area contributed by atoms with E-state index in [-0.39, 0.29) is 0 Å². The minimum atomic E-state index is -1.50. The third kappa shape index (κ3) is 8.17. The van der Waals surface area contributed by atoms with E-state index >= 15 is 0 Å². The Bertz CT molecular complexity index is 872. The van der Waals surface area contributed by atoms with Gasteiger partial charge in [0.15, 0.2) is 11.5 Å². The molecule has 0 aliphatic carbocycles. The highest BCUT2D eigenvalue weighted by molar-refractivity contribution is 6.16. The lowest BCUT2D eigenvalue weighted by atomic mass is 9.84. The molecule has 36 heavy (non-hydrogen) atoms. The zero-order valence-corrected chi connectivity index (χ0v) is 23.2. The van der Waals surface area contributed by atoms with Gasteiger partial charge in [-0.1, -0.05) is 79.1 Å². The molecular weight excluding hydrogens is 460 g/mol. The van der Waals surface area contributed by atoms with Gasteiger partial charge in [-0.25, -0.2) is 9.59 Å². The molecule has 7 heteroatoms. The number of benzene rings is 1. The van der Waals surface area contributed by atoms with Gasteiger partial charge in [-0.15, -0.1) is 0 Å². The van der Waals surface area contributed by atoms with Gasteiger partial charge in [-0.3, -0.25) is 0 Å². The van der Waals surface area contributed by atoms with Crippen LogP contribution < -0.4 is 14.2 Å². The first-order valence-corrected chi connectivity index (χ1v) is 13.3. The molecule has 0 radical (unpaired) electrons. The van der Waals surface area contributed by atoms with Crippen molar-refractivity contribution in [2.24, 2.45) is 11.8 Å². The Kier molecular flexibility index (Phi) is 14.0. The molecule has 0 spiro atoms. The van der Waals surface area contributed by atoms with Crippen molar-refractivity contribution in [2.45, 2.75) is 91.9 Å². The van der Waals surface area contributed by atoms with Crippen molar-refractivity contribution in [3.63, 3.8) is 0 Å². The van der Waals surface area contributed by atoms with Crippen molar-refractivity contribution >= 4 is 18.0 Å². The second-order valence-electron chi connectivity index (χ2n) is 9.38. The fraction of sp³-hybridized carbons (Fsp3) is 0.655. The zero-order valence-electron chi connectivity index (χ0n) is 23.2. The monoisotopic (exact) mass is 506 g/mol. The summed E-state index contributed by atoms with van der Waals surface area (Å²) in [6.07, 6.45) is 10.8. The first-order valence-electron chi connectivity index (χ1n) is 13.3. The molecular formula is C29H46O7. The summed E-state index contributed by atoms with van der Waals surface area (Å²) >= 11 is 0. The highest BCUT2D eigenvalue weighted by atomic mass is 16.5. The molecule has 0 heterocycles. The van der Waals surface area contributed by atoms with Crippen LogP contribution in [0.4, 0.5) is 0 Å². The van der Waals surface area contributed by atoms with Gasteiger partial charge in [-0.05, 0) is 30.8 Å². The van der Waals surface area contributed by atoms with E-state index in [0.717, 1.165) is 62.5 Å². The predicted molar refractivity (Wildman–Crippen MR) is 143 cm³/mol. The van der Waals surface area contributed by atoms with Crippen molar-refractivity contribution in [1.29, 1.82) is 0 Å². The number of hydrogen-bond acceptors (Lipinski definition) is 5. The molecule has 0 amide bonds. The van der Waals surface area contributed by atoms with Crippen molar-refractivity contribution < 1.29 is 34.0 Å². The number of aliphatic carboxylic acids is 2. The van der Waals surface area contributed by atoms with Crippen LogP contribution in [-0.4, -0.2) is 43.5 Å². The third-order valence-electron chi connectivity index (χ3n) is 7.03. The normalized spacial score (nSPS) is 12.5. The number of carbonyl (C=O) groups is 2. The van der Waals surface area contributed by atoms with Crippen LogP contribution in [0, 0.1) is 11.8 Å². The SMILES string of the molecule is CCCCC(CC)Cc1c(C=C(C(=O)O)C(=O)O)c(OC)c(CC(CC)CCCC)c(OC)c1OC. The Hall–Kier alpha value is -2.70. The molecule has 0 saturated heterocycles. The Balaban J connectivity index is 4.02. The smallest absolute Gasteiger partial charge is 0.343 e. The standard InChI is InChI=1S/C29H46O7/c1-8-12-14-19(10-3)16-21-22(18-24(28(30)31)29(32)33)25(34-5)23(27(36-7)26(21)35-6)17-20(11-4)15-13-9-2/h18-20H,8-17H2,1-7H3,(H,30,31)(H,32,33). The number of unbranched alkanes of at least 4 members (excludes halogenated alkanes) is 2. The number of carboxylic acid groups (broad SMARTS) is 2. The van der Waals surface area contributed by atoms with Crippen LogP contribution in [0.2, 0.25) is 0 Å². The average molecular weight is 507 g/mol. The number of rotatable bonds is 18. The molecule has 2 unspecified atom stereocenters. The van der Waals surface area contributed by atoms with E-state index in [2.05, 4.69) is 27.7 Å². The van der Waals surface area contributed by atoms with E-state index in [9.17, 15) is 19.8 Å². The second kappa shape index (κ2) is 16.1. The maximum atomic E-state index is 11.8. The highest BCUT2D eigenvalue weighted by Crippen LogP contribution is 2.48. The van der Waals surface area contributed by atoms with E-state index in [1.165, 1.54) is 13.2 Å². The predicted octanol–water partition coefficient (Wildman–Crippen LogP) is 6.78. The van der Waals surface area contributed by atoms with E-state index in [1.807, 2.05) is 0 Å². The first kappa shape index (κ1) is 31.3. The van der Waals surface area contributed by atoms with E-state index in [1.54, 1.807) is 14.2 Å². The third-order valence-corrected chi connectivity index (χ3v) is 7.03. The summed E-state index contributed by atoms with van der Waals surface area (Å²) in [6, 6.07) is 0. The summed E-state index contributed by atoms with van der Waals surface area (Å²) < 4.78 is 17.7. The van der Waals surface area contributed by atoms with Crippen LogP contribution in [-0.2, 0) is 22.4 Å². The van der Waals surface area contributed by atoms with Gasteiger partial charge in [0.25, 0.3) is 0 Å². The molecule has 0 aliphatic rings. The molecule has 204 valence electrons. The van der Waals surface area contributed by atoms with Crippen LogP contribution in [0.3, 0.4) is 0 Å². The Morgan fingerprint density at radius 2 is 1.14 bits per heavy atom. The molecule has 0 aliphatic heterocycles. The van der Waals surface area contributed by atoms with Gasteiger partial charge in [0.1, 0.15) is 11.3 Å². The highest BCUT2D eigenvalue weighted by Gasteiger charge is 2.29. The Morgan fingerprint density at radius 3 is 1.50 bits per heavy atom. The summed E-state index contributed by atoms with van der Waals surface area (Å²) in [6.45, 7) is 8.59. The van der Waals surface area contributed by atoms with Gasteiger partial charge in [0.05, 0.1) is 21.3 Å². The second-order valence-corrected chi connectivity index (χ2v) is 9.38. The Morgan fingerprint density at radius 1 is 0.722 bits per heavy atom. The van der Waals surface area contributed by atoms with Gasteiger partial charge in [0, 0.05) is 16.7 Å². The van der Waals surface area contributed by atoms with Crippen LogP contribution in [0.5, 0.6) is 17.2 Å². The van der Waals surface area contributed by atoms with Crippen molar-refractivity contribution in [1.82, 2.24) is 0 Å². The first-order chi connectivity index (χ1) is 17.2. The lowest BCUT2D eigenvalue weighted by molar-refractivity contribution is -0.140. The Labute approximate surface area is 216 Å². The summed E-state index contributed by atoms with van der Waals surface area (Å²) in [5.74, 6) is -0.755. The number of methoxy groups -OCH3 is 3. The molecule has 1 aromatic rings. The quantitative estimate of drug-likeness (QED) is 0.128.